The molecule has 1 aliphatic heterocycles. The lowest BCUT2D eigenvalue weighted by Crippen LogP contribution is -2.40. The number of rotatable bonds is 2. The van der Waals surface area contributed by atoms with E-state index in [-0.39, 0.29) is 35.5 Å². The Hall–Kier alpha value is -1.75. The van der Waals surface area contributed by atoms with Gasteiger partial charge in [-0.1, -0.05) is 18.2 Å². The highest BCUT2D eigenvalue weighted by Gasteiger charge is 2.67. The second-order valence-electron chi connectivity index (χ2n) is 6.40. The van der Waals surface area contributed by atoms with Crippen molar-refractivity contribution in [3.05, 3.63) is 34.5 Å². The van der Waals surface area contributed by atoms with E-state index in [9.17, 15) is 9.59 Å². The minimum atomic E-state index is -0.156. The van der Waals surface area contributed by atoms with Crippen LogP contribution in [0.25, 0.3) is 0 Å². The zero-order chi connectivity index (χ0) is 14.1. The third kappa shape index (κ3) is 1.47. The number of hydrogen-bond donors (Lipinski definition) is 0. The number of carbonyl (C=O) groups is 2. The van der Waals surface area contributed by atoms with Crippen LogP contribution in [0.4, 0.5) is 0 Å². The van der Waals surface area contributed by atoms with E-state index in [0.29, 0.717) is 11.8 Å². The number of allylic oxidation sites excluding steroid dienone is 2. The average molecular weight is 298 g/mol. The first-order chi connectivity index (χ1) is 10.3. The fourth-order valence-corrected chi connectivity index (χ4v) is 5.11. The topological polar surface area (TPSA) is 49.7 Å². The summed E-state index contributed by atoms with van der Waals surface area (Å²) >= 11 is 1.54. The number of nitrogens with zero attached hydrogens (tertiary/aromatic N) is 2. The van der Waals surface area contributed by atoms with Crippen molar-refractivity contribution in [1.82, 2.24) is 5.01 Å². The maximum atomic E-state index is 12.6. The molecule has 1 aromatic rings. The van der Waals surface area contributed by atoms with Gasteiger partial charge >= 0.3 is 0 Å². The van der Waals surface area contributed by atoms with Gasteiger partial charge in [0.15, 0.2) is 0 Å². The Kier molecular flexibility index (Phi) is 2.21. The van der Waals surface area contributed by atoms with Gasteiger partial charge < -0.3 is 0 Å². The van der Waals surface area contributed by atoms with Gasteiger partial charge in [0, 0.05) is 4.88 Å². The number of hydrogen-bond acceptors (Lipinski definition) is 4. The fraction of sp³-hybridized carbons (Fsp3) is 0.438. The Morgan fingerprint density at radius 2 is 1.81 bits per heavy atom. The Morgan fingerprint density at radius 1 is 1.14 bits per heavy atom. The van der Waals surface area contributed by atoms with E-state index >= 15 is 0 Å². The van der Waals surface area contributed by atoms with Crippen LogP contribution in [-0.2, 0) is 9.59 Å². The standard InChI is InChI=1S/C16H14N2O2S/c19-15-13-9-3-4-10(12-6-11(9)12)14(13)16(20)18(15)17-7-8-2-1-5-21-8/h1-5,7,9-14H,6H2/b17-7-/t9-,10-,11-,12+,13+,14+/m1/s1. The van der Waals surface area contributed by atoms with Gasteiger partial charge in [-0.25, -0.2) is 0 Å². The molecule has 4 aliphatic carbocycles. The Balaban J connectivity index is 1.48. The largest absolute Gasteiger partial charge is 0.272 e. The van der Waals surface area contributed by atoms with Gasteiger partial charge in [-0.2, -0.15) is 10.1 Å². The summed E-state index contributed by atoms with van der Waals surface area (Å²) in [7, 11) is 0. The molecule has 0 aromatic carbocycles. The smallest absolute Gasteiger partial charge is 0.254 e. The molecule has 1 aromatic heterocycles. The van der Waals surface area contributed by atoms with Crippen LogP contribution in [0.5, 0.6) is 0 Å². The first-order valence-electron chi connectivity index (χ1n) is 7.39. The predicted molar refractivity (Wildman–Crippen MR) is 78.5 cm³/mol. The van der Waals surface area contributed by atoms with E-state index in [2.05, 4.69) is 17.3 Å². The SMILES string of the molecule is O=C1[C@H]2[C@@H]3C=C[C@H]([C@@H]4C[C@H]34)[C@@H]2C(=O)N1/N=C\c1cccs1. The van der Waals surface area contributed by atoms with Gasteiger partial charge in [0.2, 0.25) is 0 Å². The monoisotopic (exact) mass is 298 g/mol. The quantitative estimate of drug-likeness (QED) is 0.477. The van der Waals surface area contributed by atoms with Gasteiger partial charge in [0.05, 0.1) is 18.1 Å². The first kappa shape index (κ1) is 11.9. The number of amides is 2. The molecule has 106 valence electrons. The van der Waals surface area contributed by atoms with Crippen molar-refractivity contribution in [2.75, 3.05) is 0 Å². The molecule has 2 heterocycles. The summed E-state index contributed by atoms with van der Waals surface area (Å²) in [6.07, 6.45) is 7.16. The summed E-state index contributed by atoms with van der Waals surface area (Å²) in [6.45, 7) is 0. The molecule has 2 amide bonds. The normalized spacial score (nSPS) is 42.8. The Bertz CT molecular complexity index is 657. The van der Waals surface area contributed by atoms with E-state index in [1.54, 1.807) is 17.6 Å². The van der Waals surface area contributed by atoms with Crippen molar-refractivity contribution in [3.63, 3.8) is 0 Å². The Labute approximate surface area is 126 Å². The van der Waals surface area contributed by atoms with Crippen molar-refractivity contribution in [1.29, 1.82) is 0 Å². The Morgan fingerprint density at radius 3 is 2.38 bits per heavy atom. The van der Waals surface area contributed by atoms with Crippen molar-refractivity contribution in [3.8, 4) is 0 Å². The molecule has 3 fully saturated rings. The van der Waals surface area contributed by atoms with Crippen molar-refractivity contribution >= 4 is 29.4 Å². The number of hydrazone groups is 1. The molecule has 2 saturated carbocycles. The van der Waals surface area contributed by atoms with Crippen LogP contribution in [0.1, 0.15) is 11.3 Å². The highest BCUT2D eigenvalue weighted by atomic mass is 32.1. The van der Waals surface area contributed by atoms with Gasteiger partial charge in [-0.05, 0) is 41.5 Å². The maximum absolute atomic E-state index is 12.6. The van der Waals surface area contributed by atoms with Crippen LogP contribution in [0.3, 0.4) is 0 Å². The minimum Gasteiger partial charge on any atom is -0.272 e. The summed E-state index contributed by atoms with van der Waals surface area (Å²) in [5.41, 5.74) is 0. The van der Waals surface area contributed by atoms with E-state index in [1.807, 2.05) is 17.5 Å². The van der Waals surface area contributed by atoms with E-state index in [4.69, 9.17) is 0 Å². The lowest BCUT2D eigenvalue weighted by Gasteiger charge is -2.37. The second-order valence-corrected chi connectivity index (χ2v) is 7.38. The predicted octanol–water partition coefficient (Wildman–Crippen LogP) is 2.14. The third-order valence-electron chi connectivity index (χ3n) is 5.48. The fourth-order valence-electron chi connectivity index (χ4n) is 4.53. The summed E-state index contributed by atoms with van der Waals surface area (Å²) in [6, 6.07) is 3.85. The van der Waals surface area contributed by atoms with Gasteiger partial charge in [0.25, 0.3) is 11.8 Å². The van der Waals surface area contributed by atoms with Gasteiger partial charge in [-0.15, -0.1) is 11.3 Å². The summed E-state index contributed by atoms with van der Waals surface area (Å²) in [5.74, 6) is 1.31. The first-order valence-corrected chi connectivity index (χ1v) is 8.27. The van der Waals surface area contributed by atoms with Crippen molar-refractivity contribution in [2.24, 2.45) is 40.6 Å². The van der Waals surface area contributed by atoms with Crippen LogP contribution in [0.2, 0.25) is 0 Å². The molecule has 21 heavy (non-hydrogen) atoms. The van der Waals surface area contributed by atoms with Crippen LogP contribution >= 0.6 is 11.3 Å². The van der Waals surface area contributed by atoms with Crippen LogP contribution in [0.15, 0.2) is 34.8 Å². The molecular weight excluding hydrogens is 284 g/mol. The molecule has 0 unspecified atom stereocenters. The van der Waals surface area contributed by atoms with Gasteiger partial charge in [-0.3, -0.25) is 9.59 Å². The van der Waals surface area contributed by atoms with Crippen molar-refractivity contribution in [2.45, 2.75) is 6.42 Å². The number of carbonyl (C=O) groups excluding carboxylic acids is 2. The molecule has 0 radical (unpaired) electrons. The molecule has 5 heteroatoms. The molecule has 5 aliphatic rings. The number of imide groups is 1. The molecule has 1 saturated heterocycles. The minimum absolute atomic E-state index is 0.0949. The highest BCUT2D eigenvalue weighted by molar-refractivity contribution is 7.11. The highest BCUT2D eigenvalue weighted by Crippen LogP contribution is 2.65. The van der Waals surface area contributed by atoms with Crippen LogP contribution < -0.4 is 0 Å². The zero-order valence-corrected chi connectivity index (χ0v) is 12.1. The molecule has 6 atom stereocenters. The summed E-state index contributed by atoms with van der Waals surface area (Å²) in [4.78, 5) is 26.2. The van der Waals surface area contributed by atoms with Crippen molar-refractivity contribution < 1.29 is 9.59 Å². The van der Waals surface area contributed by atoms with Crippen LogP contribution in [0, 0.1) is 35.5 Å². The number of thiophene rings is 1. The lowest BCUT2D eigenvalue weighted by atomic mass is 9.63. The molecular formula is C16H14N2O2S. The second kappa shape index (κ2) is 3.91. The van der Waals surface area contributed by atoms with E-state index in [0.717, 1.165) is 9.89 Å². The van der Waals surface area contributed by atoms with E-state index < -0.39 is 0 Å². The molecule has 0 spiro atoms. The zero-order valence-electron chi connectivity index (χ0n) is 11.3. The maximum Gasteiger partial charge on any atom is 0.254 e. The molecule has 2 bridgehead atoms. The van der Waals surface area contributed by atoms with Gasteiger partial charge in [0.1, 0.15) is 0 Å². The lowest BCUT2D eigenvalue weighted by molar-refractivity contribution is -0.140. The molecule has 6 rings (SSSR count). The molecule has 0 N–H and O–H groups in total. The summed E-state index contributed by atoms with van der Waals surface area (Å²) in [5, 5.41) is 7.26. The average Bonchev–Trinajstić information content (AvgIpc) is 3.10. The van der Waals surface area contributed by atoms with E-state index in [1.165, 1.54) is 6.42 Å². The molecule has 4 nitrogen and oxygen atoms in total. The summed E-state index contributed by atoms with van der Waals surface area (Å²) < 4.78 is 0. The third-order valence-corrected chi connectivity index (χ3v) is 6.29. The van der Waals surface area contributed by atoms with Crippen LogP contribution in [-0.4, -0.2) is 23.0 Å².